The number of nitrogens with two attached hydrogens (primary N) is 3. The fraction of sp³-hybridized carbons (Fsp3) is 0. The van der Waals surface area contributed by atoms with E-state index in [4.69, 9.17) is 17.2 Å². The summed E-state index contributed by atoms with van der Waals surface area (Å²) < 4.78 is 14.5. The number of hydrogen-bond donors (Lipinski definition) is 3. The molecule has 8 heteroatoms. The Labute approximate surface area is 108 Å². The molecule has 5 nitrogen and oxygen atoms in total. The second-order valence-corrected chi connectivity index (χ2v) is 4.49. The summed E-state index contributed by atoms with van der Waals surface area (Å²) in [6.45, 7) is 0. The third kappa shape index (κ3) is 3.46. The highest BCUT2D eigenvalue weighted by atomic mass is 79.9. The summed E-state index contributed by atoms with van der Waals surface area (Å²) in [5.41, 5.74) is 15.6. The first-order chi connectivity index (χ1) is 7.40. The van der Waals surface area contributed by atoms with Crippen LogP contribution in [-0.2, 0) is 0 Å². The summed E-state index contributed by atoms with van der Waals surface area (Å²) >= 11 is 6.29. The van der Waals surface area contributed by atoms with Gasteiger partial charge in [0.15, 0.2) is 11.8 Å². The van der Waals surface area contributed by atoms with Crippen LogP contribution < -0.4 is 17.2 Å². The minimum atomic E-state index is -0.546. The van der Waals surface area contributed by atoms with Crippen molar-refractivity contribution in [2.75, 3.05) is 0 Å². The van der Waals surface area contributed by atoms with E-state index in [-0.39, 0.29) is 17.6 Å². The Balaban J connectivity index is 3.20. The predicted octanol–water partition coefficient (Wildman–Crippen LogP) is 1.57. The van der Waals surface area contributed by atoms with Gasteiger partial charge in [0.1, 0.15) is 5.69 Å². The average Bonchev–Trinajstić information content (AvgIpc) is 2.09. The van der Waals surface area contributed by atoms with Crippen LogP contribution in [0.5, 0.6) is 0 Å². The predicted molar refractivity (Wildman–Crippen MR) is 68.9 cm³/mol. The third-order valence-electron chi connectivity index (χ3n) is 1.45. The minimum Gasteiger partial charge on any atom is -0.370 e. The molecule has 0 radical (unpaired) electrons. The van der Waals surface area contributed by atoms with Gasteiger partial charge in [-0.1, -0.05) is 15.9 Å². The van der Waals surface area contributed by atoms with Crippen molar-refractivity contribution in [3.8, 4) is 0 Å². The number of benzene rings is 1. The molecule has 0 bridgehead atoms. The first-order valence-corrected chi connectivity index (χ1v) is 5.57. The van der Waals surface area contributed by atoms with Crippen molar-refractivity contribution in [2.45, 2.75) is 0 Å². The minimum absolute atomic E-state index is 0.0331. The van der Waals surface area contributed by atoms with Crippen molar-refractivity contribution in [1.29, 1.82) is 0 Å². The zero-order chi connectivity index (χ0) is 12.3. The van der Waals surface area contributed by atoms with Gasteiger partial charge >= 0.3 is 0 Å². The smallest absolute Gasteiger partial charge is 0.223 e. The van der Waals surface area contributed by atoms with E-state index >= 15 is 0 Å². The Kier molecular flexibility index (Phi) is 4.25. The third-order valence-corrected chi connectivity index (χ3v) is 2.51. The van der Waals surface area contributed by atoms with Gasteiger partial charge in [-0.15, -0.1) is 0 Å². The topological polar surface area (TPSA) is 103 Å². The summed E-state index contributed by atoms with van der Waals surface area (Å²) in [7, 11) is 0. The molecule has 0 saturated carbocycles. The lowest BCUT2D eigenvalue weighted by Gasteiger charge is -2.02. The molecule has 1 aromatic carbocycles. The van der Waals surface area contributed by atoms with Crippen molar-refractivity contribution in [2.24, 2.45) is 27.2 Å². The zero-order valence-corrected chi connectivity index (χ0v) is 11.1. The van der Waals surface area contributed by atoms with Crippen molar-refractivity contribution in [1.82, 2.24) is 0 Å². The fourth-order valence-corrected chi connectivity index (χ4v) is 2.17. The number of nitrogens with zero attached hydrogens (tertiary/aromatic N) is 2. The van der Waals surface area contributed by atoms with E-state index in [1.165, 1.54) is 6.07 Å². The number of halogens is 3. The van der Waals surface area contributed by atoms with Crippen LogP contribution >= 0.6 is 31.9 Å². The molecule has 0 aromatic heterocycles. The highest BCUT2D eigenvalue weighted by molar-refractivity contribution is 9.11. The SMILES string of the molecule is NC(N)=NC(N)=Nc1c(F)cc(Br)cc1Br. The van der Waals surface area contributed by atoms with Crippen molar-refractivity contribution in [3.05, 3.63) is 26.9 Å². The fourth-order valence-electron chi connectivity index (χ4n) is 0.913. The maximum Gasteiger partial charge on any atom is 0.223 e. The van der Waals surface area contributed by atoms with Crippen LogP contribution in [-0.4, -0.2) is 11.9 Å². The summed E-state index contributed by atoms with van der Waals surface area (Å²) in [6, 6.07) is 2.89. The molecule has 6 N–H and O–H groups in total. The second kappa shape index (κ2) is 5.26. The van der Waals surface area contributed by atoms with Crippen LogP contribution in [0.1, 0.15) is 0 Å². The molecule has 16 heavy (non-hydrogen) atoms. The molecular formula is C8H8Br2FN5. The van der Waals surface area contributed by atoms with Crippen molar-refractivity contribution < 1.29 is 4.39 Å². The van der Waals surface area contributed by atoms with E-state index in [2.05, 4.69) is 41.8 Å². The molecule has 86 valence electrons. The molecule has 0 fully saturated rings. The standard InChI is InChI=1S/C8H8Br2FN5/c9-3-1-4(10)6(5(11)2-3)15-8(14)16-7(12)13/h1-2H,(H6,12,13,14,15,16). The zero-order valence-electron chi connectivity index (χ0n) is 7.92. The van der Waals surface area contributed by atoms with Crippen molar-refractivity contribution in [3.63, 3.8) is 0 Å². The molecule has 1 rings (SSSR count). The highest BCUT2D eigenvalue weighted by Crippen LogP contribution is 2.31. The lowest BCUT2D eigenvalue weighted by molar-refractivity contribution is 0.628. The van der Waals surface area contributed by atoms with Gasteiger partial charge in [0.05, 0.1) is 0 Å². The van der Waals surface area contributed by atoms with Crippen molar-refractivity contribution >= 4 is 49.5 Å². The molecule has 0 aliphatic rings. The van der Waals surface area contributed by atoms with Crippen LogP contribution in [0.2, 0.25) is 0 Å². The molecule has 0 heterocycles. The molecule has 0 atom stereocenters. The molecule has 0 aliphatic heterocycles. The van der Waals surface area contributed by atoms with E-state index in [1.807, 2.05) is 0 Å². The number of rotatable bonds is 1. The van der Waals surface area contributed by atoms with Gasteiger partial charge in [-0.25, -0.2) is 9.38 Å². The molecule has 1 aromatic rings. The van der Waals surface area contributed by atoms with E-state index < -0.39 is 5.82 Å². The lowest BCUT2D eigenvalue weighted by Crippen LogP contribution is -2.26. The number of guanidine groups is 2. The Hall–Kier alpha value is -1.15. The number of hydrogen-bond acceptors (Lipinski definition) is 1. The van der Waals surface area contributed by atoms with E-state index in [0.29, 0.717) is 8.95 Å². The number of aliphatic imine (C=N–C) groups is 2. The van der Waals surface area contributed by atoms with Gasteiger partial charge in [0.25, 0.3) is 0 Å². The maximum atomic E-state index is 13.5. The highest BCUT2D eigenvalue weighted by Gasteiger charge is 2.08. The molecule has 0 unspecified atom stereocenters. The van der Waals surface area contributed by atoms with Gasteiger partial charge in [0.2, 0.25) is 5.96 Å². The lowest BCUT2D eigenvalue weighted by atomic mass is 10.3. The molecular weight excluding hydrogens is 345 g/mol. The summed E-state index contributed by atoms with van der Waals surface area (Å²) in [4.78, 5) is 7.22. The van der Waals surface area contributed by atoms with Gasteiger partial charge in [0, 0.05) is 8.95 Å². The van der Waals surface area contributed by atoms with Crippen LogP contribution in [0.15, 0.2) is 31.1 Å². The van der Waals surface area contributed by atoms with Crippen LogP contribution in [0.25, 0.3) is 0 Å². The summed E-state index contributed by atoms with van der Waals surface area (Å²) in [5.74, 6) is -1.01. The average molecular weight is 353 g/mol. The Morgan fingerprint density at radius 3 is 2.31 bits per heavy atom. The molecule has 0 saturated heterocycles. The Morgan fingerprint density at radius 1 is 1.19 bits per heavy atom. The normalized spacial score (nSPS) is 11.3. The van der Waals surface area contributed by atoms with Crippen LogP contribution in [0.4, 0.5) is 10.1 Å². The second-order valence-electron chi connectivity index (χ2n) is 2.72. The first kappa shape index (κ1) is 12.9. The monoisotopic (exact) mass is 351 g/mol. The van der Waals surface area contributed by atoms with E-state index in [1.54, 1.807) is 6.07 Å². The van der Waals surface area contributed by atoms with Gasteiger partial charge < -0.3 is 17.2 Å². The van der Waals surface area contributed by atoms with Crippen LogP contribution in [0, 0.1) is 5.82 Å². The largest absolute Gasteiger partial charge is 0.370 e. The molecule has 0 aliphatic carbocycles. The maximum absolute atomic E-state index is 13.5. The molecule has 0 amide bonds. The van der Waals surface area contributed by atoms with E-state index in [0.717, 1.165) is 0 Å². The van der Waals surface area contributed by atoms with E-state index in [9.17, 15) is 4.39 Å². The van der Waals surface area contributed by atoms with Gasteiger partial charge in [-0.3, -0.25) is 0 Å². The summed E-state index contributed by atoms with van der Waals surface area (Å²) in [6.07, 6.45) is 0. The first-order valence-electron chi connectivity index (χ1n) is 3.98. The van der Waals surface area contributed by atoms with Gasteiger partial charge in [-0.05, 0) is 28.1 Å². The Morgan fingerprint density at radius 2 is 1.81 bits per heavy atom. The van der Waals surface area contributed by atoms with Gasteiger partial charge in [-0.2, -0.15) is 4.99 Å². The molecule has 0 spiro atoms. The quantitative estimate of drug-likeness (QED) is 0.528. The Bertz CT molecular complexity index is 444. The van der Waals surface area contributed by atoms with Crippen LogP contribution in [0.3, 0.4) is 0 Å². The summed E-state index contributed by atoms with van der Waals surface area (Å²) in [5, 5.41) is 0.